The van der Waals surface area contributed by atoms with Crippen molar-refractivity contribution in [2.75, 3.05) is 20.3 Å². The van der Waals surface area contributed by atoms with Gasteiger partial charge in [-0.15, -0.1) is 0 Å². The Balaban J connectivity index is 1.79. The summed E-state index contributed by atoms with van der Waals surface area (Å²) >= 11 is 0. The molecule has 0 unspecified atom stereocenters. The molecule has 3 nitrogen and oxygen atoms in total. The summed E-state index contributed by atoms with van der Waals surface area (Å²) in [6, 6.07) is 19.0. The van der Waals surface area contributed by atoms with Crippen LogP contribution < -0.4 is 10.1 Å². The first kappa shape index (κ1) is 18.4. The summed E-state index contributed by atoms with van der Waals surface area (Å²) in [4.78, 5) is 0. The maximum atomic E-state index is 13.9. The third kappa shape index (κ3) is 4.59. The molecule has 0 heterocycles. The lowest BCUT2D eigenvalue weighted by Crippen LogP contribution is -2.17. The van der Waals surface area contributed by atoms with E-state index in [1.165, 1.54) is 11.5 Å². The van der Waals surface area contributed by atoms with Gasteiger partial charge in [-0.1, -0.05) is 48.5 Å². The van der Waals surface area contributed by atoms with E-state index in [1.54, 1.807) is 19.2 Å². The Morgan fingerprint density at radius 1 is 0.962 bits per heavy atom. The summed E-state index contributed by atoms with van der Waals surface area (Å²) in [5.74, 6) is 0.540. The molecular weight excluding hydrogens is 329 g/mol. The Bertz CT molecular complexity index is 850. The zero-order chi connectivity index (χ0) is 18.2. The second-order valence-electron chi connectivity index (χ2n) is 6.17. The molecule has 0 amide bonds. The second-order valence-corrected chi connectivity index (χ2v) is 6.17. The van der Waals surface area contributed by atoms with Crippen molar-refractivity contribution in [1.82, 2.24) is 5.32 Å². The number of halogens is 1. The Morgan fingerprint density at radius 3 is 2.62 bits per heavy atom. The minimum atomic E-state index is -0.243. The van der Waals surface area contributed by atoms with Crippen molar-refractivity contribution in [3.05, 3.63) is 77.6 Å². The van der Waals surface area contributed by atoms with E-state index in [0.717, 1.165) is 36.3 Å². The van der Waals surface area contributed by atoms with E-state index in [0.29, 0.717) is 12.1 Å². The van der Waals surface area contributed by atoms with Crippen molar-refractivity contribution in [1.29, 1.82) is 0 Å². The fourth-order valence-electron chi connectivity index (χ4n) is 2.96. The number of methoxy groups -OCH3 is 1. The first-order valence-electron chi connectivity index (χ1n) is 8.86. The average molecular weight is 353 g/mol. The highest BCUT2D eigenvalue weighted by Crippen LogP contribution is 2.29. The average Bonchev–Trinajstić information content (AvgIpc) is 2.68. The molecule has 0 aliphatic heterocycles. The van der Waals surface area contributed by atoms with Gasteiger partial charge in [-0.05, 0) is 35.9 Å². The lowest BCUT2D eigenvalue weighted by Gasteiger charge is -2.15. The van der Waals surface area contributed by atoms with Gasteiger partial charge in [-0.25, -0.2) is 4.39 Å². The highest BCUT2D eigenvalue weighted by atomic mass is 19.1. The van der Waals surface area contributed by atoms with Crippen LogP contribution in [0.5, 0.6) is 5.75 Å². The largest absolute Gasteiger partial charge is 0.488 e. The standard InChI is InChI=1S/C22H24FNO2/c1-25-14-6-13-24-15-20-19-9-4-2-7-17(19)11-12-22(20)26-16-18-8-3-5-10-21(18)23/h2-5,7-12,24H,6,13-16H2,1H3. The summed E-state index contributed by atoms with van der Waals surface area (Å²) in [5.41, 5.74) is 1.65. The van der Waals surface area contributed by atoms with E-state index in [2.05, 4.69) is 17.4 Å². The third-order valence-corrected chi connectivity index (χ3v) is 4.34. The minimum absolute atomic E-state index is 0.210. The number of nitrogens with one attached hydrogen (secondary N) is 1. The second kappa shape index (κ2) is 9.32. The molecule has 26 heavy (non-hydrogen) atoms. The van der Waals surface area contributed by atoms with Crippen molar-refractivity contribution >= 4 is 10.8 Å². The molecular formula is C22H24FNO2. The molecule has 1 N–H and O–H groups in total. The van der Waals surface area contributed by atoms with E-state index in [4.69, 9.17) is 9.47 Å². The van der Waals surface area contributed by atoms with Gasteiger partial charge in [0.1, 0.15) is 18.2 Å². The topological polar surface area (TPSA) is 30.5 Å². The number of rotatable bonds is 9. The van der Waals surface area contributed by atoms with Crippen LogP contribution in [0.2, 0.25) is 0 Å². The third-order valence-electron chi connectivity index (χ3n) is 4.34. The summed E-state index contributed by atoms with van der Waals surface area (Å²) in [6.45, 7) is 2.50. The van der Waals surface area contributed by atoms with Gasteiger partial charge in [0.15, 0.2) is 0 Å². The molecule has 0 aliphatic carbocycles. The maximum absolute atomic E-state index is 13.9. The van der Waals surface area contributed by atoms with Crippen molar-refractivity contribution in [2.24, 2.45) is 0 Å². The van der Waals surface area contributed by atoms with E-state index in [-0.39, 0.29) is 12.4 Å². The molecule has 0 saturated heterocycles. The van der Waals surface area contributed by atoms with E-state index < -0.39 is 0 Å². The van der Waals surface area contributed by atoms with Crippen LogP contribution in [0.25, 0.3) is 10.8 Å². The summed E-state index contributed by atoms with van der Waals surface area (Å²) in [6.07, 6.45) is 0.951. The van der Waals surface area contributed by atoms with Gasteiger partial charge >= 0.3 is 0 Å². The molecule has 0 saturated carbocycles. The first-order valence-corrected chi connectivity index (χ1v) is 8.86. The van der Waals surface area contributed by atoms with Crippen LogP contribution in [0, 0.1) is 5.82 Å². The van der Waals surface area contributed by atoms with Crippen LogP contribution in [0.15, 0.2) is 60.7 Å². The summed E-state index contributed by atoms with van der Waals surface area (Å²) in [7, 11) is 1.71. The predicted molar refractivity (Wildman–Crippen MR) is 103 cm³/mol. The molecule has 0 aliphatic rings. The van der Waals surface area contributed by atoms with Gasteiger partial charge in [0, 0.05) is 31.4 Å². The lowest BCUT2D eigenvalue weighted by atomic mass is 10.0. The molecule has 3 rings (SSSR count). The van der Waals surface area contributed by atoms with Gasteiger partial charge in [0.25, 0.3) is 0 Å². The molecule has 0 fully saturated rings. The number of benzene rings is 3. The first-order chi connectivity index (χ1) is 12.8. The van der Waals surface area contributed by atoms with Crippen LogP contribution >= 0.6 is 0 Å². The fraction of sp³-hybridized carbons (Fsp3) is 0.273. The normalized spacial score (nSPS) is 11.0. The minimum Gasteiger partial charge on any atom is -0.488 e. The maximum Gasteiger partial charge on any atom is 0.129 e. The molecule has 0 spiro atoms. The monoisotopic (exact) mass is 353 g/mol. The van der Waals surface area contributed by atoms with Gasteiger partial charge in [-0.2, -0.15) is 0 Å². The van der Waals surface area contributed by atoms with Gasteiger partial charge in [0.05, 0.1) is 0 Å². The SMILES string of the molecule is COCCCNCc1c(OCc2ccccc2F)ccc2ccccc12. The van der Waals surface area contributed by atoms with E-state index in [1.807, 2.05) is 30.3 Å². The van der Waals surface area contributed by atoms with Crippen LogP contribution in [0.3, 0.4) is 0 Å². The van der Waals surface area contributed by atoms with Gasteiger partial charge < -0.3 is 14.8 Å². The fourth-order valence-corrected chi connectivity index (χ4v) is 2.96. The van der Waals surface area contributed by atoms with E-state index >= 15 is 0 Å². The molecule has 3 aromatic rings. The summed E-state index contributed by atoms with van der Waals surface area (Å²) in [5, 5.41) is 5.76. The summed E-state index contributed by atoms with van der Waals surface area (Å²) < 4.78 is 24.9. The molecule has 0 aromatic heterocycles. The van der Waals surface area contributed by atoms with Crippen molar-refractivity contribution < 1.29 is 13.9 Å². The number of hydrogen-bond donors (Lipinski definition) is 1. The Hall–Kier alpha value is -2.43. The van der Waals surface area contributed by atoms with Crippen LogP contribution in [0.4, 0.5) is 4.39 Å². The van der Waals surface area contributed by atoms with Crippen LogP contribution in [-0.2, 0) is 17.9 Å². The molecule has 3 aromatic carbocycles. The number of fused-ring (bicyclic) bond motifs is 1. The quantitative estimate of drug-likeness (QED) is 0.567. The lowest BCUT2D eigenvalue weighted by molar-refractivity contribution is 0.194. The van der Waals surface area contributed by atoms with Crippen molar-refractivity contribution in [2.45, 2.75) is 19.6 Å². The van der Waals surface area contributed by atoms with E-state index in [9.17, 15) is 4.39 Å². The molecule has 136 valence electrons. The van der Waals surface area contributed by atoms with Crippen molar-refractivity contribution in [3.63, 3.8) is 0 Å². The number of ether oxygens (including phenoxy) is 2. The molecule has 4 heteroatoms. The van der Waals surface area contributed by atoms with Crippen LogP contribution in [0.1, 0.15) is 17.5 Å². The zero-order valence-corrected chi connectivity index (χ0v) is 15.0. The molecule has 0 bridgehead atoms. The molecule has 0 atom stereocenters. The van der Waals surface area contributed by atoms with Gasteiger partial charge in [0.2, 0.25) is 0 Å². The Labute approximate surface area is 153 Å². The zero-order valence-electron chi connectivity index (χ0n) is 15.0. The number of hydrogen-bond acceptors (Lipinski definition) is 3. The Kier molecular flexibility index (Phi) is 6.58. The smallest absolute Gasteiger partial charge is 0.129 e. The van der Waals surface area contributed by atoms with Crippen LogP contribution in [-0.4, -0.2) is 20.3 Å². The Morgan fingerprint density at radius 2 is 1.77 bits per heavy atom. The predicted octanol–water partition coefficient (Wildman–Crippen LogP) is 4.68. The highest BCUT2D eigenvalue weighted by molar-refractivity contribution is 5.87. The van der Waals surface area contributed by atoms with Gasteiger partial charge in [-0.3, -0.25) is 0 Å². The highest BCUT2D eigenvalue weighted by Gasteiger charge is 2.10. The molecule has 0 radical (unpaired) electrons. The van der Waals surface area contributed by atoms with Crippen molar-refractivity contribution in [3.8, 4) is 5.75 Å².